The normalized spacial score (nSPS) is 14.1. The fraction of sp³-hybridized carbons (Fsp3) is 0.235. The molecule has 1 aliphatic carbocycles. The number of anilines is 2. The van der Waals surface area contributed by atoms with Gasteiger partial charge in [0.1, 0.15) is 0 Å². The Kier molecular flexibility index (Phi) is 3.18. The first kappa shape index (κ1) is 12.7. The third kappa shape index (κ3) is 2.27. The zero-order valence-corrected chi connectivity index (χ0v) is 11.5. The third-order valence-corrected chi connectivity index (χ3v) is 4.01. The Balaban J connectivity index is 1.76. The first-order valence-corrected chi connectivity index (χ1v) is 6.85. The van der Waals surface area contributed by atoms with Crippen molar-refractivity contribution >= 4 is 17.3 Å². The van der Waals surface area contributed by atoms with Gasteiger partial charge in [0, 0.05) is 24.3 Å². The summed E-state index contributed by atoms with van der Waals surface area (Å²) in [7, 11) is 1.83. The Morgan fingerprint density at radius 1 is 1.05 bits per heavy atom. The predicted molar refractivity (Wildman–Crippen MR) is 81.6 cm³/mol. The van der Waals surface area contributed by atoms with E-state index < -0.39 is 0 Å². The van der Waals surface area contributed by atoms with Crippen molar-refractivity contribution < 1.29 is 4.79 Å². The van der Waals surface area contributed by atoms with Crippen LogP contribution in [0.4, 0.5) is 11.4 Å². The first-order valence-electron chi connectivity index (χ1n) is 6.85. The van der Waals surface area contributed by atoms with E-state index in [-0.39, 0.29) is 11.8 Å². The molecule has 0 fully saturated rings. The van der Waals surface area contributed by atoms with Crippen LogP contribution in [0.1, 0.15) is 11.1 Å². The lowest BCUT2D eigenvalue weighted by molar-refractivity contribution is -0.121. The van der Waals surface area contributed by atoms with E-state index in [1.54, 1.807) is 4.90 Å². The zero-order chi connectivity index (χ0) is 14.1. The molecule has 0 aromatic heterocycles. The van der Waals surface area contributed by atoms with Crippen LogP contribution in [0.15, 0.2) is 48.5 Å². The topological polar surface area (TPSA) is 46.3 Å². The molecule has 0 bridgehead atoms. The molecule has 2 N–H and O–H groups in total. The van der Waals surface area contributed by atoms with E-state index in [1.807, 2.05) is 43.4 Å². The molecule has 1 amide bonds. The van der Waals surface area contributed by atoms with Gasteiger partial charge in [-0.15, -0.1) is 0 Å². The van der Waals surface area contributed by atoms with Crippen molar-refractivity contribution in [2.45, 2.75) is 12.8 Å². The van der Waals surface area contributed by atoms with Gasteiger partial charge in [0.15, 0.2) is 0 Å². The number of hydrogen-bond donors (Lipinski definition) is 1. The molecule has 3 heteroatoms. The van der Waals surface area contributed by atoms with Crippen LogP contribution >= 0.6 is 0 Å². The smallest absolute Gasteiger partial charge is 0.230 e. The number of rotatable bonds is 2. The third-order valence-electron chi connectivity index (χ3n) is 4.01. The number of carbonyl (C=O) groups is 1. The van der Waals surface area contributed by atoms with Crippen molar-refractivity contribution in [1.82, 2.24) is 0 Å². The van der Waals surface area contributed by atoms with Crippen LogP contribution in [0.5, 0.6) is 0 Å². The molecular formula is C17H18N2O. The minimum atomic E-state index is 0.0509. The van der Waals surface area contributed by atoms with E-state index in [0.29, 0.717) is 5.69 Å². The van der Waals surface area contributed by atoms with Gasteiger partial charge in [0.25, 0.3) is 0 Å². The van der Waals surface area contributed by atoms with Gasteiger partial charge >= 0.3 is 0 Å². The molecule has 0 saturated heterocycles. The molecule has 1 aliphatic rings. The molecule has 0 heterocycles. The van der Waals surface area contributed by atoms with Crippen molar-refractivity contribution in [1.29, 1.82) is 0 Å². The van der Waals surface area contributed by atoms with Crippen LogP contribution < -0.4 is 10.6 Å². The van der Waals surface area contributed by atoms with Gasteiger partial charge in [0.2, 0.25) is 5.91 Å². The van der Waals surface area contributed by atoms with Crippen molar-refractivity contribution in [3.8, 4) is 0 Å². The monoisotopic (exact) mass is 266 g/mol. The quantitative estimate of drug-likeness (QED) is 0.849. The highest BCUT2D eigenvalue weighted by molar-refractivity contribution is 5.95. The largest absolute Gasteiger partial charge is 0.399 e. The number of amides is 1. The Morgan fingerprint density at radius 2 is 1.60 bits per heavy atom. The van der Waals surface area contributed by atoms with Crippen molar-refractivity contribution in [3.63, 3.8) is 0 Å². The summed E-state index contributed by atoms with van der Waals surface area (Å²) in [5.74, 6) is 0.223. The van der Waals surface area contributed by atoms with Crippen LogP contribution in [-0.2, 0) is 17.6 Å². The first-order chi connectivity index (χ1) is 9.65. The van der Waals surface area contributed by atoms with E-state index >= 15 is 0 Å². The van der Waals surface area contributed by atoms with Crippen LogP contribution in [0.2, 0.25) is 0 Å². The van der Waals surface area contributed by atoms with Crippen LogP contribution in [0, 0.1) is 5.92 Å². The number of nitrogens with two attached hydrogens (primary N) is 1. The molecule has 20 heavy (non-hydrogen) atoms. The summed E-state index contributed by atoms with van der Waals surface area (Å²) in [6.45, 7) is 0. The Bertz CT molecular complexity index is 609. The molecule has 0 atom stereocenters. The molecule has 0 saturated carbocycles. The zero-order valence-electron chi connectivity index (χ0n) is 11.5. The van der Waals surface area contributed by atoms with Gasteiger partial charge in [-0.3, -0.25) is 4.79 Å². The van der Waals surface area contributed by atoms with E-state index in [0.717, 1.165) is 18.5 Å². The maximum atomic E-state index is 12.6. The average Bonchev–Trinajstić information content (AvgIpc) is 2.90. The molecule has 102 valence electrons. The fourth-order valence-corrected chi connectivity index (χ4v) is 2.83. The van der Waals surface area contributed by atoms with E-state index in [9.17, 15) is 4.79 Å². The summed E-state index contributed by atoms with van der Waals surface area (Å²) in [4.78, 5) is 14.3. The lowest BCUT2D eigenvalue weighted by Crippen LogP contribution is -2.33. The number of nitrogens with zero attached hydrogens (tertiary/aromatic N) is 1. The summed E-state index contributed by atoms with van der Waals surface area (Å²) in [6.07, 6.45) is 1.68. The number of nitrogen functional groups attached to an aromatic ring is 1. The summed E-state index contributed by atoms with van der Waals surface area (Å²) >= 11 is 0. The molecule has 0 unspecified atom stereocenters. The molecule has 3 nitrogen and oxygen atoms in total. The van der Waals surface area contributed by atoms with Crippen LogP contribution in [-0.4, -0.2) is 13.0 Å². The van der Waals surface area contributed by atoms with E-state index in [1.165, 1.54) is 11.1 Å². The van der Waals surface area contributed by atoms with Gasteiger partial charge in [-0.05, 0) is 48.2 Å². The van der Waals surface area contributed by atoms with Gasteiger partial charge in [0.05, 0.1) is 0 Å². The highest BCUT2D eigenvalue weighted by atomic mass is 16.2. The van der Waals surface area contributed by atoms with Crippen LogP contribution in [0.25, 0.3) is 0 Å². The predicted octanol–water partition coefficient (Wildman–Crippen LogP) is 2.65. The summed E-state index contributed by atoms with van der Waals surface area (Å²) in [6, 6.07) is 15.7. The number of benzene rings is 2. The Morgan fingerprint density at radius 3 is 2.15 bits per heavy atom. The lowest BCUT2D eigenvalue weighted by atomic mass is 10.0. The SMILES string of the molecule is CN(C(=O)C1Cc2ccccc2C1)c1ccc(N)cc1. The Hall–Kier alpha value is -2.29. The van der Waals surface area contributed by atoms with Gasteiger partial charge in [-0.1, -0.05) is 24.3 Å². The minimum absolute atomic E-state index is 0.0509. The number of fused-ring (bicyclic) bond motifs is 1. The standard InChI is InChI=1S/C17H18N2O/c1-19(16-8-6-15(18)7-9-16)17(20)14-10-12-4-2-3-5-13(12)11-14/h2-9,14H,10-11,18H2,1H3. The number of hydrogen-bond acceptors (Lipinski definition) is 2. The lowest BCUT2D eigenvalue weighted by Gasteiger charge is -2.21. The fourth-order valence-electron chi connectivity index (χ4n) is 2.83. The molecule has 0 aliphatic heterocycles. The second-order valence-corrected chi connectivity index (χ2v) is 5.36. The Labute approximate surface area is 119 Å². The second-order valence-electron chi connectivity index (χ2n) is 5.36. The molecular weight excluding hydrogens is 248 g/mol. The average molecular weight is 266 g/mol. The minimum Gasteiger partial charge on any atom is -0.399 e. The highest BCUT2D eigenvalue weighted by Crippen LogP contribution is 2.29. The molecule has 2 aromatic carbocycles. The molecule has 2 aromatic rings. The van der Waals surface area contributed by atoms with Gasteiger partial charge < -0.3 is 10.6 Å². The summed E-state index contributed by atoms with van der Waals surface area (Å²) in [5.41, 5.74) is 9.88. The molecule has 0 radical (unpaired) electrons. The molecule has 0 spiro atoms. The van der Waals surface area contributed by atoms with Gasteiger partial charge in [-0.2, -0.15) is 0 Å². The summed E-state index contributed by atoms with van der Waals surface area (Å²) in [5, 5.41) is 0. The molecule has 3 rings (SSSR count). The van der Waals surface area contributed by atoms with E-state index in [4.69, 9.17) is 5.73 Å². The van der Waals surface area contributed by atoms with Crippen LogP contribution in [0.3, 0.4) is 0 Å². The van der Waals surface area contributed by atoms with Crippen molar-refractivity contribution in [2.24, 2.45) is 5.92 Å². The number of carbonyl (C=O) groups excluding carboxylic acids is 1. The maximum absolute atomic E-state index is 12.6. The van der Waals surface area contributed by atoms with Crippen molar-refractivity contribution in [3.05, 3.63) is 59.7 Å². The highest BCUT2D eigenvalue weighted by Gasteiger charge is 2.29. The summed E-state index contributed by atoms with van der Waals surface area (Å²) < 4.78 is 0. The van der Waals surface area contributed by atoms with E-state index in [2.05, 4.69) is 12.1 Å². The van der Waals surface area contributed by atoms with Gasteiger partial charge in [-0.25, -0.2) is 0 Å². The van der Waals surface area contributed by atoms with Crippen molar-refractivity contribution in [2.75, 3.05) is 17.7 Å². The second kappa shape index (κ2) is 5.00. The maximum Gasteiger partial charge on any atom is 0.230 e.